The average Bonchev–Trinajstić information content (AvgIpc) is 3.09. The lowest BCUT2D eigenvalue weighted by Gasteiger charge is -1.97. The van der Waals surface area contributed by atoms with E-state index < -0.39 is 0 Å². The Kier molecular flexibility index (Phi) is 3.18. The van der Waals surface area contributed by atoms with E-state index in [0.717, 1.165) is 0 Å². The minimum atomic E-state index is 0.299. The monoisotopic (exact) mass is 304 g/mol. The molecule has 2 aromatic heterocycles. The standard InChI is InChI=1S/C13H6Cl2N4O/c14-9-2-1-8(4-10(9)15)12-18-13(20-19-12)11-3-7(5-16)6-17-11/h1-4,6,17H. The summed E-state index contributed by atoms with van der Waals surface area (Å²) in [5.74, 6) is 0.694. The van der Waals surface area contributed by atoms with Crippen molar-refractivity contribution in [3.63, 3.8) is 0 Å². The Hall–Kier alpha value is -2.29. The molecule has 2 heterocycles. The number of H-pyrrole nitrogens is 1. The molecule has 3 rings (SSSR count). The molecule has 0 saturated heterocycles. The summed E-state index contributed by atoms with van der Waals surface area (Å²) in [6.07, 6.45) is 1.57. The van der Waals surface area contributed by atoms with Gasteiger partial charge in [0.25, 0.3) is 5.89 Å². The van der Waals surface area contributed by atoms with E-state index in [1.165, 1.54) is 0 Å². The van der Waals surface area contributed by atoms with Crippen LogP contribution < -0.4 is 0 Å². The zero-order valence-electron chi connectivity index (χ0n) is 9.89. The fraction of sp³-hybridized carbons (Fsp3) is 0. The maximum absolute atomic E-state index is 8.77. The Morgan fingerprint density at radius 2 is 2.05 bits per heavy atom. The molecule has 98 valence electrons. The molecule has 1 N–H and O–H groups in total. The van der Waals surface area contributed by atoms with Crippen LogP contribution >= 0.6 is 23.2 Å². The zero-order valence-corrected chi connectivity index (χ0v) is 11.4. The van der Waals surface area contributed by atoms with Gasteiger partial charge >= 0.3 is 0 Å². The number of halogens is 2. The number of rotatable bonds is 2. The Morgan fingerprint density at radius 1 is 1.20 bits per heavy atom. The van der Waals surface area contributed by atoms with E-state index in [1.807, 2.05) is 6.07 Å². The Balaban J connectivity index is 1.97. The van der Waals surface area contributed by atoms with Crippen LogP contribution in [0.1, 0.15) is 5.56 Å². The minimum Gasteiger partial charge on any atom is -0.356 e. The molecule has 3 aromatic rings. The smallest absolute Gasteiger partial charge is 0.274 e. The first-order chi connectivity index (χ1) is 9.67. The fourth-order valence-electron chi connectivity index (χ4n) is 1.67. The first-order valence-electron chi connectivity index (χ1n) is 5.55. The molecule has 0 aliphatic carbocycles. The number of hydrogen-bond donors (Lipinski definition) is 1. The molecule has 0 fully saturated rings. The summed E-state index contributed by atoms with van der Waals surface area (Å²) in [6.45, 7) is 0. The molecule has 0 saturated carbocycles. The van der Waals surface area contributed by atoms with Crippen LogP contribution in [-0.4, -0.2) is 15.1 Å². The van der Waals surface area contributed by atoms with Gasteiger partial charge in [-0.2, -0.15) is 10.2 Å². The predicted octanol–water partition coefficient (Wildman–Crippen LogP) is 3.91. The van der Waals surface area contributed by atoms with Gasteiger partial charge in [-0.15, -0.1) is 0 Å². The summed E-state index contributed by atoms with van der Waals surface area (Å²) < 4.78 is 5.16. The number of benzene rings is 1. The van der Waals surface area contributed by atoms with Crippen molar-refractivity contribution in [1.29, 1.82) is 5.26 Å². The molecular formula is C13H6Cl2N4O. The Bertz CT molecular complexity index is 816. The SMILES string of the molecule is N#Cc1c[nH]c(-c2nc(-c3ccc(Cl)c(Cl)c3)no2)c1. The van der Waals surface area contributed by atoms with E-state index >= 15 is 0 Å². The van der Waals surface area contributed by atoms with Gasteiger partial charge in [0.1, 0.15) is 11.8 Å². The van der Waals surface area contributed by atoms with Crippen molar-refractivity contribution in [2.45, 2.75) is 0 Å². The van der Waals surface area contributed by atoms with Gasteiger partial charge in [0, 0.05) is 11.8 Å². The summed E-state index contributed by atoms with van der Waals surface area (Å²) in [7, 11) is 0. The lowest BCUT2D eigenvalue weighted by atomic mass is 10.2. The maximum Gasteiger partial charge on any atom is 0.274 e. The molecule has 0 radical (unpaired) electrons. The van der Waals surface area contributed by atoms with Gasteiger partial charge in [0.2, 0.25) is 5.82 Å². The number of hydrogen-bond acceptors (Lipinski definition) is 4. The van der Waals surface area contributed by atoms with Gasteiger partial charge in [-0.05, 0) is 24.3 Å². The highest BCUT2D eigenvalue weighted by Crippen LogP contribution is 2.28. The molecule has 0 amide bonds. The molecule has 0 unspecified atom stereocenters. The third-order valence-electron chi connectivity index (χ3n) is 2.65. The second-order valence-electron chi connectivity index (χ2n) is 3.97. The Morgan fingerprint density at radius 3 is 2.75 bits per heavy atom. The fourth-order valence-corrected chi connectivity index (χ4v) is 1.97. The van der Waals surface area contributed by atoms with E-state index in [1.54, 1.807) is 30.5 Å². The first-order valence-corrected chi connectivity index (χ1v) is 6.31. The highest BCUT2D eigenvalue weighted by atomic mass is 35.5. The van der Waals surface area contributed by atoms with Gasteiger partial charge in [0.15, 0.2) is 0 Å². The first kappa shape index (κ1) is 12.7. The van der Waals surface area contributed by atoms with Crippen LogP contribution in [0.25, 0.3) is 23.0 Å². The third-order valence-corrected chi connectivity index (χ3v) is 3.39. The maximum atomic E-state index is 8.77. The van der Waals surface area contributed by atoms with Crippen LogP contribution in [-0.2, 0) is 0 Å². The summed E-state index contributed by atoms with van der Waals surface area (Å²) >= 11 is 11.8. The summed E-state index contributed by atoms with van der Waals surface area (Å²) in [6, 6.07) is 8.72. The minimum absolute atomic E-state index is 0.299. The van der Waals surface area contributed by atoms with E-state index in [2.05, 4.69) is 15.1 Å². The van der Waals surface area contributed by atoms with Crippen molar-refractivity contribution in [1.82, 2.24) is 15.1 Å². The lowest BCUT2D eigenvalue weighted by Crippen LogP contribution is -1.82. The van der Waals surface area contributed by atoms with E-state index in [4.69, 9.17) is 33.0 Å². The van der Waals surface area contributed by atoms with Crippen molar-refractivity contribution in [2.75, 3.05) is 0 Å². The second-order valence-corrected chi connectivity index (χ2v) is 4.78. The molecule has 0 bridgehead atoms. The molecule has 0 aliphatic heterocycles. The average molecular weight is 305 g/mol. The van der Waals surface area contributed by atoms with Crippen molar-refractivity contribution in [3.05, 3.63) is 46.1 Å². The van der Waals surface area contributed by atoms with Crippen molar-refractivity contribution >= 4 is 23.2 Å². The summed E-state index contributed by atoms with van der Waals surface area (Å²) in [5.41, 5.74) is 1.77. The normalized spacial score (nSPS) is 10.4. The van der Waals surface area contributed by atoms with Gasteiger partial charge in [-0.3, -0.25) is 0 Å². The molecule has 0 atom stereocenters. The van der Waals surface area contributed by atoms with Gasteiger partial charge in [0.05, 0.1) is 15.6 Å². The molecule has 0 aliphatic rings. The highest BCUT2D eigenvalue weighted by Gasteiger charge is 2.13. The van der Waals surface area contributed by atoms with E-state index in [-0.39, 0.29) is 0 Å². The van der Waals surface area contributed by atoms with Crippen molar-refractivity contribution in [2.24, 2.45) is 0 Å². The van der Waals surface area contributed by atoms with Crippen LogP contribution in [0.5, 0.6) is 0 Å². The largest absolute Gasteiger partial charge is 0.356 e. The second kappa shape index (κ2) is 5.00. The van der Waals surface area contributed by atoms with E-state index in [9.17, 15) is 0 Å². The van der Waals surface area contributed by atoms with Crippen LogP contribution in [0, 0.1) is 11.3 Å². The van der Waals surface area contributed by atoms with Gasteiger partial charge in [-0.25, -0.2) is 0 Å². The number of nitriles is 1. The van der Waals surface area contributed by atoms with Crippen LogP contribution in [0.2, 0.25) is 10.0 Å². The summed E-state index contributed by atoms with van der Waals surface area (Å²) in [5, 5.41) is 13.5. The molecule has 1 aromatic carbocycles. The lowest BCUT2D eigenvalue weighted by molar-refractivity contribution is 0.431. The summed E-state index contributed by atoms with van der Waals surface area (Å²) in [4.78, 5) is 7.14. The number of aromatic amines is 1. The van der Waals surface area contributed by atoms with E-state index in [0.29, 0.717) is 38.6 Å². The van der Waals surface area contributed by atoms with Crippen LogP contribution in [0.3, 0.4) is 0 Å². The quantitative estimate of drug-likeness (QED) is 0.778. The van der Waals surface area contributed by atoms with Crippen molar-refractivity contribution in [3.8, 4) is 29.0 Å². The van der Waals surface area contributed by atoms with Gasteiger partial charge in [-0.1, -0.05) is 28.4 Å². The highest BCUT2D eigenvalue weighted by molar-refractivity contribution is 6.42. The third kappa shape index (κ3) is 2.27. The molecular weight excluding hydrogens is 299 g/mol. The number of aromatic nitrogens is 3. The number of nitrogens with zero attached hydrogens (tertiary/aromatic N) is 3. The topological polar surface area (TPSA) is 78.5 Å². The van der Waals surface area contributed by atoms with Crippen molar-refractivity contribution < 1.29 is 4.52 Å². The predicted molar refractivity (Wildman–Crippen MR) is 74.3 cm³/mol. The molecule has 7 heteroatoms. The Labute approximate surface area is 123 Å². The van der Waals surface area contributed by atoms with Crippen LogP contribution in [0.4, 0.5) is 0 Å². The van der Waals surface area contributed by atoms with Crippen LogP contribution in [0.15, 0.2) is 35.0 Å². The zero-order chi connectivity index (χ0) is 14.1. The molecule has 5 nitrogen and oxygen atoms in total. The number of nitrogens with one attached hydrogen (secondary N) is 1. The van der Waals surface area contributed by atoms with Gasteiger partial charge < -0.3 is 9.51 Å². The molecule has 20 heavy (non-hydrogen) atoms. The molecule has 0 spiro atoms.